The Hall–Kier alpha value is -3.30. The molecule has 0 saturated carbocycles. The molecule has 29 heavy (non-hydrogen) atoms. The fourth-order valence-corrected chi connectivity index (χ4v) is 3.64. The number of halogens is 3. The van der Waals surface area contributed by atoms with Crippen molar-refractivity contribution in [3.63, 3.8) is 0 Å². The van der Waals surface area contributed by atoms with Crippen molar-refractivity contribution in [3.05, 3.63) is 47.8 Å². The third-order valence-electron chi connectivity index (χ3n) is 5.02. The summed E-state index contributed by atoms with van der Waals surface area (Å²) >= 11 is 0. The number of carbonyl (C=O) groups is 1. The van der Waals surface area contributed by atoms with Gasteiger partial charge in [0.05, 0.1) is 11.3 Å². The van der Waals surface area contributed by atoms with E-state index in [9.17, 15) is 18.0 Å². The van der Waals surface area contributed by atoms with Crippen LogP contribution in [0.15, 0.2) is 36.5 Å². The molecule has 1 amide bonds. The number of nitrogens with zero attached hydrogens (tertiary/aromatic N) is 3. The van der Waals surface area contributed by atoms with Crippen LogP contribution in [0.5, 0.6) is 5.75 Å². The van der Waals surface area contributed by atoms with Crippen LogP contribution in [0, 0.1) is 0 Å². The van der Waals surface area contributed by atoms with Crippen LogP contribution in [0.25, 0.3) is 11.0 Å². The minimum Gasteiger partial charge on any atom is -0.406 e. The zero-order valence-electron chi connectivity index (χ0n) is 15.2. The molecule has 0 bridgehead atoms. The molecule has 2 aromatic heterocycles. The van der Waals surface area contributed by atoms with Crippen molar-refractivity contribution in [3.8, 4) is 5.75 Å². The number of ether oxygens (including phenoxy) is 1. The maximum Gasteiger partial charge on any atom is 0.573 e. The van der Waals surface area contributed by atoms with Crippen LogP contribution < -0.4 is 10.5 Å². The number of anilines is 1. The van der Waals surface area contributed by atoms with E-state index >= 15 is 0 Å². The Morgan fingerprint density at radius 1 is 1.24 bits per heavy atom. The Balaban J connectivity index is 1.44. The van der Waals surface area contributed by atoms with E-state index in [2.05, 4.69) is 19.9 Å². The Labute approximate surface area is 163 Å². The number of alkyl halides is 3. The molecular weight excluding hydrogens is 387 g/mol. The van der Waals surface area contributed by atoms with Gasteiger partial charge in [0.1, 0.15) is 5.75 Å². The van der Waals surface area contributed by atoms with Gasteiger partial charge < -0.3 is 15.4 Å². The molecule has 3 N–H and O–H groups in total. The molecule has 152 valence electrons. The minimum absolute atomic E-state index is 0.0526. The van der Waals surface area contributed by atoms with Crippen LogP contribution in [0.1, 0.15) is 34.8 Å². The third-order valence-corrected chi connectivity index (χ3v) is 5.02. The SMILES string of the molecule is Nc1cc(OC(F)(F)F)ccc1C(=O)N1CCC(c2n[nH]c3ncccc23)CC1. The highest BCUT2D eigenvalue weighted by molar-refractivity contribution is 5.99. The summed E-state index contributed by atoms with van der Waals surface area (Å²) < 4.78 is 40.8. The van der Waals surface area contributed by atoms with Crippen molar-refractivity contribution < 1.29 is 22.7 Å². The van der Waals surface area contributed by atoms with Crippen molar-refractivity contribution in [1.82, 2.24) is 20.1 Å². The lowest BCUT2D eigenvalue weighted by Crippen LogP contribution is -2.38. The first-order chi connectivity index (χ1) is 13.8. The third kappa shape index (κ3) is 3.96. The van der Waals surface area contributed by atoms with Gasteiger partial charge in [-0.05, 0) is 37.1 Å². The average molecular weight is 405 g/mol. The molecule has 10 heteroatoms. The lowest BCUT2D eigenvalue weighted by molar-refractivity contribution is -0.274. The maximum atomic E-state index is 12.8. The molecule has 1 fully saturated rings. The molecule has 3 aromatic rings. The molecule has 0 radical (unpaired) electrons. The van der Waals surface area contributed by atoms with Gasteiger partial charge in [0.2, 0.25) is 0 Å². The van der Waals surface area contributed by atoms with Gasteiger partial charge in [-0.2, -0.15) is 5.10 Å². The highest BCUT2D eigenvalue weighted by Gasteiger charge is 2.32. The summed E-state index contributed by atoms with van der Waals surface area (Å²) in [7, 11) is 0. The van der Waals surface area contributed by atoms with Crippen molar-refractivity contribution in [2.45, 2.75) is 25.1 Å². The van der Waals surface area contributed by atoms with E-state index in [1.165, 1.54) is 6.07 Å². The van der Waals surface area contributed by atoms with Crippen molar-refractivity contribution in [2.75, 3.05) is 18.8 Å². The number of piperidine rings is 1. The fraction of sp³-hybridized carbons (Fsp3) is 0.316. The number of aromatic amines is 1. The molecule has 1 aromatic carbocycles. The second-order valence-electron chi connectivity index (χ2n) is 6.87. The van der Waals surface area contributed by atoms with Gasteiger partial charge in [-0.3, -0.25) is 9.89 Å². The van der Waals surface area contributed by atoms with E-state index in [-0.39, 0.29) is 23.1 Å². The first kappa shape index (κ1) is 19.0. The van der Waals surface area contributed by atoms with Gasteiger partial charge in [0.15, 0.2) is 5.65 Å². The summed E-state index contributed by atoms with van der Waals surface area (Å²) in [5.41, 5.74) is 7.58. The standard InChI is InChI=1S/C19H18F3N5O2/c20-19(21,22)29-12-3-4-13(15(23)10-12)18(28)27-8-5-11(6-9-27)16-14-2-1-7-24-17(14)26-25-16/h1-4,7,10-11H,5-6,8-9,23H2,(H,24,25,26). The average Bonchev–Trinajstić information content (AvgIpc) is 3.11. The van der Waals surface area contributed by atoms with E-state index in [1.807, 2.05) is 12.1 Å². The number of nitrogen functional groups attached to an aromatic ring is 1. The monoisotopic (exact) mass is 405 g/mol. The van der Waals surface area contributed by atoms with E-state index < -0.39 is 12.1 Å². The summed E-state index contributed by atoms with van der Waals surface area (Å²) in [6.45, 7) is 0.997. The van der Waals surface area contributed by atoms with Gasteiger partial charge in [-0.15, -0.1) is 13.2 Å². The predicted molar refractivity (Wildman–Crippen MR) is 99.3 cm³/mol. The molecule has 1 aliphatic heterocycles. The van der Waals surface area contributed by atoms with Crippen LogP contribution in [0.3, 0.4) is 0 Å². The highest BCUT2D eigenvalue weighted by Crippen LogP contribution is 2.32. The number of amides is 1. The highest BCUT2D eigenvalue weighted by atomic mass is 19.4. The normalized spacial score (nSPS) is 15.6. The number of pyridine rings is 1. The Morgan fingerprint density at radius 2 is 2.00 bits per heavy atom. The Morgan fingerprint density at radius 3 is 2.69 bits per heavy atom. The van der Waals surface area contributed by atoms with Crippen LogP contribution in [0.2, 0.25) is 0 Å². The van der Waals surface area contributed by atoms with E-state index in [4.69, 9.17) is 5.73 Å². The number of fused-ring (bicyclic) bond motifs is 1. The first-order valence-corrected chi connectivity index (χ1v) is 9.05. The van der Waals surface area contributed by atoms with Crippen LogP contribution in [0.4, 0.5) is 18.9 Å². The van der Waals surface area contributed by atoms with E-state index in [1.54, 1.807) is 11.1 Å². The number of H-pyrrole nitrogens is 1. The topological polar surface area (TPSA) is 97.1 Å². The zero-order chi connectivity index (χ0) is 20.6. The van der Waals surface area contributed by atoms with Crippen LogP contribution in [-0.4, -0.2) is 45.4 Å². The van der Waals surface area contributed by atoms with Gasteiger partial charge >= 0.3 is 6.36 Å². The number of aromatic nitrogens is 3. The molecule has 3 heterocycles. The largest absolute Gasteiger partial charge is 0.573 e. The van der Waals surface area contributed by atoms with Gasteiger partial charge in [0, 0.05) is 42.3 Å². The number of benzene rings is 1. The number of hydrogen-bond donors (Lipinski definition) is 2. The minimum atomic E-state index is -4.81. The molecule has 7 nitrogen and oxygen atoms in total. The number of nitrogens with one attached hydrogen (secondary N) is 1. The summed E-state index contributed by atoms with van der Waals surface area (Å²) in [4.78, 5) is 18.7. The number of carbonyl (C=O) groups excluding carboxylic acids is 1. The van der Waals surface area contributed by atoms with Crippen LogP contribution in [-0.2, 0) is 0 Å². The smallest absolute Gasteiger partial charge is 0.406 e. The molecule has 4 rings (SSSR count). The molecule has 0 unspecified atom stereocenters. The lowest BCUT2D eigenvalue weighted by atomic mass is 9.91. The predicted octanol–water partition coefficient (Wildman–Crippen LogP) is 3.46. The van der Waals surface area contributed by atoms with Crippen molar-refractivity contribution in [2.24, 2.45) is 0 Å². The molecule has 0 aliphatic carbocycles. The van der Waals surface area contributed by atoms with Gasteiger partial charge in [-0.1, -0.05) is 0 Å². The van der Waals surface area contributed by atoms with Gasteiger partial charge in [-0.25, -0.2) is 4.98 Å². The van der Waals surface area contributed by atoms with Crippen molar-refractivity contribution >= 4 is 22.6 Å². The second kappa shape index (κ2) is 7.26. The van der Waals surface area contributed by atoms with Crippen molar-refractivity contribution in [1.29, 1.82) is 0 Å². The summed E-state index contributed by atoms with van der Waals surface area (Å²) in [5.74, 6) is -0.575. The molecule has 1 saturated heterocycles. The number of hydrogen-bond acceptors (Lipinski definition) is 5. The molecule has 1 aliphatic rings. The lowest BCUT2D eigenvalue weighted by Gasteiger charge is -2.31. The fourth-order valence-electron chi connectivity index (χ4n) is 3.64. The number of nitrogens with two attached hydrogens (primary N) is 1. The number of rotatable bonds is 3. The quantitative estimate of drug-likeness (QED) is 0.651. The maximum absolute atomic E-state index is 12.8. The summed E-state index contributed by atoms with van der Waals surface area (Å²) in [6.07, 6.45) is -1.68. The Kier molecular flexibility index (Phi) is 4.77. The number of likely N-dealkylation sites (tertiary alicyclic amines) is 1. The first-order valence-electron chi connectivity index (χ1n) is 9.05. The summed E-state index contributed by atoms with van der Waals surface area (Å²) in [6, 6.07) is 7.18. The molecule has 0 atom stereocenters. The second-order valence-corrected chi connectivity index (χ2v) is 6.87. The zero-order valence-corrected chi connectivity index (χ0v) is 15.2. The Bertz CT molecular complexity index is 1040. The van der Waals surface area contributed by atoms with E-state index in [0.29, 0.717) is 13.1 Å². The summed E-state index contributed by atoms with van der Waals surface area (Å²) in [5, 5.41) is 8.28. The van der Waals surface area contributed by atoms with E-state index in [0.717, 1.165) is 41.7 Å². The van der Waals surface area contributed by atoms with Gasteiger partial charge in [0.25, 0.3) is 5.91 Å². The molecular formula is C19H18F3N5O2. The van der Waals surface area contributed by atoms with Crippen LogP contribution >= 0.6 is 0 Å². The molecule has 0 spiro atoms.